The van der Waals surface area contributed by atoms with Crippen LogP contribution < -0.4 is 4.74 Å². The van der Waals surface area contributed by atoms with Crippen LogP contribution in [0.15, 0.2) is 42.5 Å². The number of para-hydroxylation sites is 1. The van der Waals surface area contributed by atoms with Crippen LogP contribution in [0, 0.1) is 13.8 Å². The number of ether oxygens (including phenoxy) is 1. The first-order valence-electron chi connectivity index (χ1n) is 9.24. The average Bonchev–Trinajstić information content (AvgIpc) is 3.09. The summed E-state index contributed by atoms with van der Waals surface area (Å²) in [5.41, 5.74) is 4.87. The number of likely N-dealkylation sites (tertiary alicyclic amines) is 1. The van der Waals surface area contributed by atoms with Gasteiger partial charge >= 0.3 is 0 Å². The topological polar surface area (TPSA) is 29.5 Å². The molecule has 2 aromatic rings. The highest BCUT2D eigenvalue weighted by Crippen LogP contribution is 2.39. The molecule has 2 atom stereocenters. The second-order valence-corrected chi connectivity index (χ2v) is 7.34. The summed E-state index contributed by atoms with van der Waals surface area (Å²) in [5, 5.41) is 0. The number of carbonyl (C=O) groups is 1. The summed E-state index contributed by atoms with van der Waals surface area (Å²) in [5.74, 6) is 1.06. The van der Waals surface area contributed by atoms with Gasteiger partial charge in [-0.25, -0.2) is 0 Å². The van der Waals surface area contributed by atoms with Crippen molar-refractivity contribution in [2.45, 2.75) is 45.1 Å². The van der Waals surface area contributed by atoms with E-state index in [-0.39, 0.29) is 17.9 Å². The Morgan fingerprint density at radius 2 is 1.84 bits per heavy atom. The van der Waals surface area contributed by atoms with Crippen LogP contribution >= 0.6 is 0 Å². The van der Waals surface area contributed by atoms with E-state index < -0.39 is 0 Å². The first-order valence-corrected chi connectivity index (χ1v) is 9.24. The maximum Gasteiger partial charge on any atom is 0.230 e. The first kappa shape index (κ1) is 16.2. The smallest absolute Gasteiger partial charge is 0.230 e. The summed E-state index contributed by atoms with van der Waals surface area (Å²) in [6.07, 6.45) is 2.90. The predicted molar refractivity (Wildman–Crippen MR) is 98.9 cm³/mol. The Balaban J connectivity index is 1.64. The molecule has 1 saturated heterocycles. The molecule has 3 nitrogen and oxygen atoms in total. The molecule has 3 heteroatoms. The van der Waals surface area contributed by atoms with E-state index in [9.17, 15) is 4.79 Å². The van der Waals surface area contributed by atoms with E-state index in [0.717, 1.165) is 37.1 Å². The fourth-order valence-electron chi connectivity index (χ4n) is 4.38. The molecule has 0 radical (unpaired) electrons. The van der Waals surface area contributed by atoms with Crippen molar-refractivity contribution in [1.82, 2.24) is 4.90 Å². The molecule has 130 valence electrons. The standard InChI is InChI=1S/C22H25NO2/c1-15-12-16(2)14-17(13-15)20-7-5-10-23(20)22(24)19-9-11-25-21-8-4-3-6-18(19)21/h3-4,6,8,12-14,19-20H,5,7,9-11H2,1-2H3. The Hall–Kier alpha value is -2.29. The fraction of sp³-hybridized carbons (Fsp3) is 0.409. The quantitative estimate of drug-likeness (QED) is 0.807. The molecule has 0 aliphatic carbocycles. The first-order chi connectivity index (χ1) is 12.1. The fourth-order valence-corrected chi connectivity index (χ4v) is 4.38. The lowest BCUT2D eigenvalue weighted by atomic mass is 9.91. The molecule has 25 heavy (non-hydrogen) atoms. The van der Waals surface area contributed by atoms with Gasteiger partial charge in [-0.05, 0) is 44.7 Å². The largest absolute Gasteiger partial charge is 0.493 e. The molecule has 1 fully saturated rings. The van der Waals surface area contributed by atoms with Gasteiger partial charge in [0.25, 0.3) is 0 Å². The molecule has 0 N–H and O–H groups in total. The van der Waals surface area contributed by atoms with Crippen LogP contribution in [-0.2, 0) is 4.79 Å². The van der Waals surface area contributed by atoms with Crippen LogP contribution in [0.2, 0.25) is 0 Å². The third kappa shape index (κ3) is 3.04. The van der Waals surface area contributed by atoms with Gasteiger partial charge in [-0.2, -0.15) is 0 Å². The molecule has 2 aliphatic heterocycles. The second kappa shape index (κ2) is 6.55. The molecule has 4 rings (SSSR count). The van der Waals surface area contributed by atoms with Gasteiger partial charge in [0.2, 0.25) is 5.91 Å². The highest BCUT2D eigenvalue weighted by Gasteiger charge is 2.36. The summed E-state index contributed by atoms with van der Waals surface area (Å²) >= 11 is 0. The van der Waals surface area contributed by atoms with E-state index in [4.69, 9.17) is 4.74 Å². The number of aryl methyl sites for hydroxylation is 2. The maximum atomic E-state index is 13.4. The molecule has 2 unspecified atom stereocenters. The number of fused-ring (bicyclic) bond motifs is 1. The van der Waals surface area contributed by atoms with Gasteiger partial charge in [0.1, 0.15) is 5.75 Å². The average molecular weight is 335 g/mol. The molecule has 0 bridgehead atoms. The lowest BCUT2D eigenvalue weighted by molar-refractivity contribution is -0.134. The minimum atomic E-state index is -0.0727. The van der Waals surface area contributed by atoms with Crippen LogP contribution in [0.25, 0.3) is 0 Å². The summed E-state index contributed by atoms with van der Waals surface area (Å²) in [4.78, 5) is 15.5. The molecule has 2 heterocycles. The molecule has 1 amide bonds. The lowest BCUT2D eigenvalue weighted by Crippen LogP contribution is -2.36. The van der Waals surface area contributed by atoms with E-state index in [1.165, 1.54) is 16.7 Å². The summed E-state index contributed by atoms with van der Waals surface area (Å²) < 4.78 is 5.74. The highest BCUT2D eigenvalue weighted by molar-refractivity contribution is 5.85. The Morgan fingerprint density at radius 1 is 1.08 bits per heavy atom. The van der Waals surface area contributed by atoms with Gasteiger partial charge in [0.15, 0.2) is 0 Å². The van der Waals surface area contributed by atoms with Crippen LogP contribution in [-0.4, -0.2) is 24.0 Å². The number of amides is 1. The van der Waals surface area contributed by atoms with Gasteiger partial charge < -0.3 is 9.64 Å². The van der Waals surface area contributed by atoms with Crippen molar-refractivity contribution in [2.24, 2.45) is 0 Å². The number of hydrogen-bond donors (Lipinski definition) is 0. The SMILES string of the molecule is Cc1cc(C)cc(C2CCCN2C(=O)C2CCOc3ccccc32)c1. The molecule has 0 aromatic heterocycles. The van der Waals surface area contributed by atoms with E-state index in [1.807, 2.05) is 24.3 Å². The summed E-state index contributed by atoms with van der Waals surface area (Å²) in [6, 6.07) is 14.9. The van der Waals surface area contributed by atoms with Gasteiger partial charge in [-0.1, -0.05) is 47.5 Å². The second-order valence-electron chi connectivity index (χ2n) is 7.34. The van der Waals surface area contributed by atoms with Gasteiger partial charge in [0.05, 0.1) is 18.6 Å². The van der Waals surface area contributed by atoms with E-state index in [0.29, 0.717) is 6.61 Å². The normalized spacial score (nSPS) is 22.4. The molecule has 2 aromatic carbocycles. The Kier molecular flexibility index (Phi) is 4.24. The van der Waals surface area contributed by atoms with Crippen molar-refractivity contribution < 1.29 is 9.53 Å². The lowest BCUT2D eigenvalue weighted by Gasteiger charge is -2.32. The van der Waals surface area contributed by atoms with Crippen LogP contribution in [0.1, 0.15) is 53.5 Å². The molecular weight excluding hydrogens is 310 g/mol. The number of nitrogens with zero attached hydrogens (tertiary/aromatic N) is 1. The Bertz CT molecular complexity index is 778. The third-order valence-corrected chi connectivity index (χ3v) is 5.42. The van der Waals surface area contributed by atoms with Gasteiger partial charge in [-0.3, -0.25) is 4.79 Å². The van der Waals surface area contributed by atoms with Crippen molar-refractivity contribution in [1.29, 1.82) is 0 Å². The zero-order valence-corrected chi connectivity index (χ0v) is 15.0. The minimum absolute atomic E-state index is 0.0727. The minimum Gasteiger partial charge on any atom is -0.493 e. The molecule has 0 spiro atoms. The van der Waals surface area contributed by atoms with Crippen molar-refractivity contribution in [3.8, 4) is 5.75 Å². The monoisotopic (exact) mass is 335 g/mol. The van der Waals surface area contributed by atoms with Gasteiger partial charge in [-0.15, -0.1) is 0 Å². The van der Waals surface area contributed by atoms with Crippen LogP contribution in [0.4, 0.5) is 0 Å². The van der Waals surface area contributed by atoms with Crippen molar-refractivity contribution >= 4 is 5.91 Å². The predicted octanol–water partition coefficient (Wildman–Crippen LogP) is 4.53. The van der Waals surface area contributed by atoms with Gasteiger partial charge in [0, 0.05) is 12.1 Å². The Labute approximate surface area is 149 Å². The van der Waals surface area contributed by atoms with E-state index >= 15 is 0 Å². The Morgan fingerprint density at radius 3 is 2.64 bits per heavy atom. The van der Waals surface area contributed by atoms with Crippen molar-refractivity contribution in [2.75, 3.05) is 13.2 Å². The van der Waals surface area contributed by atoms with Crippen molar-refractivity contribution in [3.05, 3.63) is 64.7 Å². The van der Waals surface area contributed by atoms with Crippen LogP contribution in [0.3, 0.4) is 0 Å². The zero-order valence-electron chi connectivity index (χ0n) is 15.0. The molecule has 2 aliphatic rings. The summed E-state index contributed by atoms with van der Waals surface area (Å²) in [7, 11) is 0. The number of hydrogen-bond acceptors (Lipinski definition) is 2. The maximum absolute atomic E-state index is 13.4. The van der Waals surface area contributed by atoms with E-state index in [2.05, 4.69) is 36.9 Å². The molecule has 0 saturated carbocycles. The van der Waals surface area contributed by atoms with Crippen LogP contribution in [0.5, 0.6) is 5.75 Å². The molecular formula is C22H25NO2. The zero-order chi connectivity index (χ0) is 17.4. The van der Waals surface area contributed by atoms with Crippen molar-refractivity contribution in [3.63, 3.8) is 0 Å². The third-order valence-electron chi connectivity index (χ3n) is 5.42. The number of rotatable bonds is 2. The number of carbonyl (C=O) groups excluding carboxylic acids is 1. The number of benzene rings is 2. The highest BCUT2D eigenvalue weighted by atomic mass is 16.5. The summed E-state index contributed by atoms with van der Waals surface area (Å²) in [6.45, 7) is 5.74. The van der Waals surface area contributed by atoms with E-state index in [1.54, 1.807) is 0 Å².